The number of aliphatic hydroxyl groups is 1. The molecule has 1 unspecified atom stereocenters. The van der Waals surface area contributed by atoms with Gasteiger partial charge < -0.3 is 5.11 Å². The van der Waals surface area contributed by atoms with Crippen LogP contribution in [0.25, 0.3) is 0 Å². The summed E-state index contributed by atoms with van der Waals surface area (Å²) in [7, 11) is 0. The predicted octanol–water partition coefficient (Wildman–Crippen LogP) is 2.82. The molecule has 2 nitrogen and oxygen atoms in total. The van der Waals surface area contributed by atoms with Crippen LogP contribution in [0.1, 0.15) is 42.6 Å². The fraction of sp³-hybridized carbons (Fsp3) is 0.600. The van der Waals surface area contributed by atoms with Crippen molar-refractivity contribution >= 4 is 0 Å². The van der Waals surface area contributed by atoms with Gasteiger partial charge in [0, 0.05) is 12.6 Å². The summed E-state index contributed by atoms with van der Waals surface area (Å²) < 4.78 is 0. The second-order valence-corrected chi connectivity index (χ2v) is 5.26. The Morgan fingerprint density at radius 3 is 2.29 bits per heavy atom. The van der Waals surface area contributed by atoms with E-state index in [4.69, 9.17) is 0 Å². The number of aliphatic hydroxyl groups excluding tert-OH is 1. The molecule has 2 rings (SSSR count). The van der Waals surface area contributed by atoms with Crippen molar-refractivity contribution in [3.63, 3.8) is 0 Å². The van der Waals surface area contributed by atoms with Crippen molar-refractivity contribution < 1.29 is 5.11 Å². The molecule has 1 aliphatic rings. The molecule has 1 aromatic carbocycles. The molecule has 0 saturated heterocycles. The average molecular weight is 233 g/mol. The molecular formula is C15H23NO. The van der Waals surface area contributed by atoms with Gasteiger partial charge in [0.15, 0.2) is 0 Å². The number of nitrogens with zero attached hydrogens (tertiary/aromatic N) is 1. The second kappa shape index (κ2) is 5.19. The zero-order valence-electron chi connectivity index (χ0n) is 11.1. The van der Waals surface area contributed by atoms with Crippen molar-refractivity contribution in [2.24, 2.45) is 0 Å². The van der Waals surface area contributed by atoms with Gasteiger partial charge in [-0.15, -0.1) is 0 Å². The van der Waals surface area contributed by atoms with Gasteiger partial charge in [-0.2, -0.15) is 0 Å². The highest BCUT2D eigenvalue weighted by Gasteiger charge is 2.29. The Bertz CT molecular complexity index is 364. The Kier molecular flexibility index (Phi) is 3.85. The van der Waals surface area contributed by atoms with Gasteiger partial charge >= 0.3 is 0 Å². The summed E-state index contributed by atoms with van der Waals surface area (Å²) in [5.74, 6) is 0. The lowest BCUT2D eigenvalue weighted by Crippen LogP contribution is -2.30. The van der Waals surface area contributed by atoms with Crippen molar-refractivity contribution in [3.05, 3.63) is 34.9 Å². The van der Waals surface area contributed by atoms with Crippen LogP contribution in [0.2, 0.25) is 0 Å². The average Bonchev–Trinajstić information content (AvgIpc) is 3.08. The van der Waals surface area contributed by atoms with E-state index in [0.29, 0.717) is 0 Å². The molecule has 94 valence electrons. The first-order chi connectivity index (χ1) is 8.10. The highest BCUT2D eigenvalue weighted by Crippen LogP contribution is 2.28. The molecule has 0 radical (unpaired) electrons. The summed E-state index contributed by atoms with van der Waals surface area (Å²) in [4.78, 5) is 2.39. The monoisotopic (exact) mass is 233 g/mol. The van der Waals surface area contributed by atoms with Crippen LogP contribution in [0.15, 0.2) is 18.2 Å². The zero-order chi connectivity index (χ0) is 12.4. The number of rotatable bonds is 5. The molecule has 17 heavy (non-hydrogen) atoms. The van der Waals surface area contributed by atoms with E-state index in [-0.39, 0.29) is 6.10 Å². The lowest BCUT2D eigenvalue weighted by Gasteiger charge is -2.23. The number of benzene rings is 1. The predicted molar refractivity (Wildman–Crippen MR) is 71.1 cm³/mol. The third kappa shape index (κ3) is 3.30. The van der Waals surface area contributed by atoms with Gasteiger partial charge in [-0.25, -0.2) is 0 Å². The SMILES string of the molecule is CCN(CC(O)c1cc(C)cc(C)c1)C1CC1. The van der Waals surface area contributed by atoms with E-state index in [2.05, 4.69) is 43.9 Å². The highest BCUT2D eigenvalue weighted by atomic mass is 16.3. The minimum absolute atomic E-state index is 0.353. The van der Waals surface area contributed by atoms with Gasteiger partial charge in [-0.05, 0) is 38.8 Å². The van der Waals surface area contributed by atoms with Crippen molar-refractivity contribution in [2.75, 3.05) is 13.1 Å². The minimum Gasteiger partial charge on any atom is -0.387 e. The molecule has 0 spiro atoms. The van der Waals surface area contributed by atoms with E-state index in [1.807, 2.05) is 0 Å². The molecule has 1 atom stereocenters. The molecule has 0 bridgehead atoms. The molecule has 0 amide bonds. The largest absolute Gasteiger partial charge is 0.387 e. The number of hydrogen-bond acceptors (Lipinski definition) is 2. The smallest absolute Gasteiger partial charge is 0.0917 e. The van der Waals surface area contributed by atoms with Gasteiger partial charge in [-0.1, -0.05) is 36.2 Å². The van der Waals surface area contributed by atoms with Crippen molar-refractivity contribution in [1.29, 1.82) is 0 Å². The van der Waals surface area contributed by atoms with Crippen molar-refractivity contribution in [2.45, 2.75) is 45.8 Å². The molecule has 1 aromatic rings. The van der Waals surface area contributed by atoms with Gasteiger partial charge in [0.05, 0.1) is 6.10 Å². The molecule has 1 saturated carbocycles. The van der Waals surface area contributed by atoms with E-state index in [1.165, 1.54) is 24.0 Å². The van der Waals surface area contributed by atoms with Gasteiger partial charge in [0.1, 0.15) is 0 Å². The van der Waals surface area contributed by atoms with E-state index < -0.39 is 0 Å². The molecule has 1 fully saturated rings. The Morgan fingerprint density at radius 2 is 1.82 bits per heavy atom. The molecule has 0 heterocycles. The fourth-order valence-electron chi connectivity index (χ4n) is 2.51. The topological polar surface area (TPSA) is 23.5 Å². The Labute approximate surface area is 104 Å². The van der Waals surface area contributed by atoms with E-state index in [0.717, 1.165) is 24.7 Å². The minimum atomic E-state index is -0.353. The zero-order valence-corrected chi connectivity index (χ0v) is 11.1. The molecular weight excluding hydrogens is 210 g/mol. The van der Waals surface area contributed by atoms with Crippen LogP contribution in [0.3, 0.4) is 0 Å². The summed E-state index contributed by atoms with van der Waals surface area (Å²) in [5.41, 5.74) is 3.52. The lowest BCUT2D eigenvalue weighted by molar-refractivity contribution is 0.112. The highest BCUT2D eigenvalue weighted by molar-refractivity contribution is 5.30. The fourth-order valence-corrected chi connectivity index (χ4v) is 2.51. The third-order valence-electron chi connectivity index (χ3n) is 3.51. The molecule has 0 aromatic heterocycles. The molecule has 2 heteroatoms. The van der Waals surface area contributed by atoms with Crippen LogP contribution in [0.4, 0.5) is 0 Å². The normalized spacial score (nSPS) is 17.5. The van der Waals surface area contributed by atoms with Gasteiger partial charge in [-0.3, -0.25) is 4.90 Å². The quantitative estimate of drug-likeness (QED) is 0.845. The van der Waals surface area contributed by atoms with E-state index in [9.17, 15) is 5.11 Å². The summed E-state index contributed by atoms with van der Waals surface area (Å²) >= 11 is 0. The Hall–Kier alpha value is -0.860. The summed E-state index contributed by atoms with van der Waals surface area (Å²) in [6, 6.07) is 7.06. The molecule has 1 N–H and O–H groups in total. The number of likely N-dealkylation sites (N-methyl/N-ethyl adjacent to an activating group) is 1. The second-order valence-electron chi connectivity index (χ2n) is 5.26. The van der Waals surface area contributed by atoms with Crippen LogP contribution in [0, 0.1) is 13.8 Å². The summed E-state index contributed by atoms with van der Waals surface area (Å²) in [5, 5.41) is 10.3. The first-order valence-corrected chi connectivity index (χ1v) is 6.60. The van der Waals surface area contributed by atoms with Crippen LogP contribution in [0.5, 0.6) is 0 Å². The van der Waals surface area contributed by atoms with Gasteiger partial charge in [0.25, 0.3) is 0 Å². The third-order valence-corrected chi connectivity index (χ3v) is 3.51. The van der Waals surface area contributed by atoms with Crippen LogP contribution in [-0.4, -0.2) is 29.1 Å². The van der Waals surface area contributed by atoms with Crippen molar-refractivity contribution in [3.8, 4) is 0 Å². The van der Waals surface area contributed by atoms with Crippen molar-refractivity contribution in [1.82, 2.24) is 4.90 Å². The summed E-state index contributed by atoms with van der Waals surface area (Å²) in [6.45, 7) is 8.15. The van der Waals surface area contributed by atoms with Crippen LogP contribution in [-0.2, 0) is 0 Å². The number of aryl methyl sites for hydroxylation is 2. The maximum atomic E-state index is 10.3. The number of hydrogen-bond donors (Lipinski definition) is 1. The van der Waals surface area contributed by atoms with Gasteiger partial charge in [0.2, 0.25) is 0 Å². The maximum Gasteiger partial charge on any atom is 0.0917 e. The maximum absolute atomic E-state index is 10.3. The Morgan fingerprint density at radius 1 is 1.24 bits per heavy atom. The van der Waals surface area contributed by atoms with E-state index >= 15 is 0 Å². The first-order valence-electron chi connectivity index (χ1n) is 6.60. The van der Waals surface area contributed by atoms with Crippen LogP contribution < -0.4 is 0 Å². The first kappa shape index (κ1) is 12.6. The van der Waals surface area contributed by atoms with E-state index in [1.54, 1.807) is 0 Å². The van der Waals surface area contributed by atoms with Crippen LogP contribution >= 0.6 is 0 Å². The Balaban J connectivity index is 2.04. The lowest BCUT2D eigenvalue weighted by atomic mass is 10.0. The summed E-state index contributed by atoms with van der Waals surface area (Å²) in [6.07, 6.45) is 2.25. The molecule has 1 aliphatic carbocycles. The standard InChI is InChI=1S/C15H23NO/c1-4-16(14-5-6-14)10-15(17)13-8-11(2)7-12(3)9-13/h7-9,14-15,17H,4-6,10H2,1-3H3. The molecule has 0 aliphatic heterocycles.